The van der Waals surface area contributed by atoms with Crippen LogP contribution in [-0.4, -0.2) is 71.6 Å². The fourth-order valence-electron chi connectivity index (χ4n) is 3.48. The van der Waals surface area contributed by atoms with E-state index in [1.807, 2.05) is 24.0 Å². The van der Waals surface area contributed by atoms with Crippen molar-refractivity contribution in [1.29, 1.82) is 0 Å². The molecular weight excluding hydrogens is 424 g/mol. The lowest BCUT2D eigenvalue weighted by atomic mass is 10.2. The molecule has 0 N–H and O–H groups in total. The van der Waals surface area contributed by atoms with Gasteiger partial charge in [0.25, 0.3) is 0 Å². The van der Waals surface area contributed by atoms with Gasteiger partial charge in [0.1, 0.15) is 5.75 Å². The van der Waals surface area contributed by atoms with Crippen molar-refractivity contribution in [3.63, 3.8) is 0 Å². The number of methoxy groups -OCH3 is 1. The Morgan fingerprint density at radius 3 is 2.30 bits per heavy atom. The Kier molecular flexibility index (Phi) is 6.86. The Bertz CT molecular complexity index is 1110. The quantitative estimate of drug-likeness (QED) is 0.640. The van der Waals surface area contributed by atoms with Gasteiger partial charge in [-0.1, -0.05) is 18.2 Å². The third-order valence-electron chi connectivity index (χ3n) is 5.37. The average Bonchev–Trinajstić information content (AvgIpc) is 2.74. The highest BCUT2D eigenvalue weighted by molar-refractivity contribution is 7.91. The molecule has 7 nitrogen and oxygen atoms in total. The first-order valence-electron chi connectivity index (χ1n) is 9.80. The number of piperazine rings is 1. The maximum atomic E-state index is 13.0. The highest BCUT2D eigenvalue weighted by atomic mass is 32.2. The zero-order valence-electron chi connectivity index (χ0n) is 17.5. The van der Waals surface area contributed by atoms with Crippen molar-refractivity contribution < 1.29 is 21.6 Å². The first-order valence-corrected chi connectivity index (χ1v) is 12.9. The van der Waals surface area contributed by atoms with Crippen molar-refractivity contribution in [2.75, 3.05) is 45.6 Å². The molecule has 2 aromatic rings. The van der Waals surface area contributed by atoms with Crippen LogP contribution >= 0.6 is 0 Å². The Labute approximate surface area is 179 Å². The topological polar surface area (TPSA) is 84.0 Å². The van der Waals surface area contributed by atoms with Crippen LogP contribution in [0.15, 0.2) is 52.3 Å². The Morgan fingerprint density at radius 2 is 1.63 bits per heavy atom. The van der Waals surface area contributed by atoms with E-state index in [2.05, 4.69) is 0 Å². The summed E-state index contributed by atoms with van der Waals surface area (Å²) in [5.41, 5.74) is 1.63. The Hall–Kier alpha value is -1.94. The van der Waals surface area contributed by atoms with Crippen LogP contribution in [0.3, 0.4) is 0 Å². The van der Waals surface area contributed by atoms with Gasteiger partial charge in [0.2, 0.25) is 10.0 Å². The zero-order valence-corrected chi connectivity index (χ0v) is 19.2. The van der Waals surface area contributed by atoms with Gasteiger partial charge in [-0.15, -0.1) is 0 Å². The number of aryl methyl sites for hydroxylation is 2. The van der Waals surface area contributed by atoms with Crippen LogP contribution in [0.4, 0.5) is 0 Å². The molecule has 9 heteroatoms. The van der Waals surface area contributed by atoms with Crippen molar-refractivity contribution in [2.45, 2.75) is 23.6 Å². The van der Waals surface area contributed by atoms with E-state index in [-0.39, 0.29) is 10.6 Å². The molecule has 3 rings (SSSR count). The maximum Gasteiger partial charge on any atom is 0.243 e. The van der Waals surface area contributed by atoms with Crippen molar-refractivity contribution in [3.05, 3.63) is 53.6 Å². The summed E-state index contributed by atoms with van der Waals surface area (Å²) >= 11 is 0. The van der Waals surface area contributed by atoms with Crippen molar-refractivity contribution in [3.8, 4) is 5.75 Å². The second kappa shape index (κ2) is 9.05. The number of hydrogen-bond donors (Lipinski definition) is 0. The van der Waals surface area contributed by atoms with Crippen LogP contribution in [0.1, 0.15) is 11.1 Å². The molecular formula is C21H28N2O5S2. The minimum absolute atomic E-state index is 0.0239. The highest BCUT2D eigenvalue weighted by Crippen LogP contribution is 2.23. The van der Waals surface area contributed by atoms with Gasteiger partial charge in [0.05, 0.1) is 22.7 Å². The number of nitrogens with zero attached hydrogens (tertiary/aromatic N) is 2. The molecule has 0 amide bonds. The van der Waals surface area contributed by atoms with E-state index < -0.39 is 19.9 Å². The molecule has 0 bridgehead atoms. The molecule has 0 aliphatic carbocycles. The smallest absolute Gasteiger partial charge is 0.243 e. The predicted octanol–water partition coefficient (Wildman–Crippen LogP) is 2.09. The molecule has 0 radical (unpaired) electrons. The molecule has 1 aliphatic rings. The van der Waals surface area contributed by atoms with Gasteiger partial charge in [-0.25, -0.2) is 16.8 Å². The van der Waals surface area contributed by atoms with Gasteiger partial charge in [-0.2, -0.15) is 4.31 Å². The van der Waals surface area contributed by atoms with Crippen LogP contribution in [-0.2, 0) is 19.9 Å². The van der Waals surface area contributed by atoms with Crippen LogP contribution in [0.5, 0.6) is 5.75 Å². The lowest BCUT2D eigenvalue weighted by molar-refractivity contribution is 0.197. The predicted molar refractivity (Wildman–Crippen MR) is 116 cm³/mol. The fraction of sp³-hybridized carbons (Fsp3) is 0.429. The van der Waals surface area contributed by atoms with E-state index in [0.717, 1.165) is 11.1 Å². The average molecular weight is 453 g/mol. The first-order chi connectivity index (χ1) is 14.1. The van der Waals surface area contributed by atoms with E-state index >= 15 is 0 Å². The van der Waals surface area contributed by atoms with Gasteiger partial charge in [0, 0.05) is 32.7 Å². The molecule has 164 valence electrons. The monoisotopic (exact) mass is 452 g/mol. The number of benzene rings is 2. The fourth-order valence-corrected chi connectivity index (χ4v) is 6.53. The summed E-state index contributed by atoms with van der Waals surface area (Å²) in [6.45, 7) is 5.71. The summed E-state index contributed by atoms with van der Waals surface area (Å²) in [6.07, 6.45) is 0. The van der Waals surface area contributed by atoms with E-state index in [9.17, 15) is 16.8 Å². The zero-order chi connectivity index (χ0) is 21.9. The summed E-state index contributed by atoms with van der Waals surface area (Å²) in [4.78, 5) is 2.57. The minimum Gasteiger partial charge on any atom is -0.497 e. The lowest BCUT2D eigenvalue weighted by Crippen LogP contribution is -2.49. The second-order valence-corrected chi connectivity index (χ2v) is 11.5. The minimum atomic E-state index is -3.56. The molecule has 30 heavy (non-hydrogen) atoms. The van der Waals surface area contributed by atoms with E-state index in [0.29, 0.717) is 43.4 Å². The van der Waals surface area contributed by atoms with Crippen LogP contribution in [0.2, 0.25) is 0 Å². The normalized spacial score (nSPS) is 16.5. The summed E-state index contributed by atoms with van der Waals surface area (Å²) in [5.74, 6) is 0.477. The third kappa shape index (κ3) is 5.03. The summed E-state index contributed by atoms with van der Waals surface area (Å²) in [6, 6.07) is 11.9. The van der Waals surface area contributed by atoms with Gasteiger partial charge in [0.15, 0.2) is 9.84 Å². The second-order valence-electron chi connectivity index (χ2n) is 7.51. The summed E-state index contributed by atoms with van der Waals surface area (Å²) in [7, 11) is -5.50. The van der Waals surface area contributed by atoms with Crippen molar-refractivity contribution >= 4 is 19.9 Å². The molecule has 1 saturated heterocycles. The molecule has 2 aromatic carbocycles. The number of sulfone groups is 1. The first kappa shape index (κ1) is 22.7. The number of sulfonamides is 1. The van der Waals surface area contributed by atoms with E-state index in [1.165, 1.54) is 17.5 Å². The lowest BCUT2D eigenvalue weighted by Gasteiger charge is -2.34. The number of ether oxygens (including phenoxy) is 1. The summed E-state index contributed by atoms with van der Waals surface area (Å²) < 4.78 is 57.9. The largest absolute Gasteiger partial charge is 0.497 e. The summed E-state index contributed by atoms with van der Waals surface area (Å²) in [5, 5.41) is 0. The third-order valence-corrected chi connectivity index (χ3v) is 9.10. The molecule has 0 spiro atoms. The molecule has 1 fully saturated rings. The molecule has 0 unspecified atom stereocenters. The number of hydrogen-bond acceptors (Lipinski definition) is 6. The van der Waals surface area contributed by atoms with Crippen molar-refractivity contribution in [1.82, 2.24) is 9.21 Å². The Balaban J connectivity index is 1.61. The Morgan fingerprint density at radius 1 is 0.933 bits per heavy atom. The molecule has 1 aliphatic heterocycles. The van der Waals surface area contributed by atoms with E-state index in [1.54, 1.807) is 31.2 Å². The van der Waals surface area contributed by atoms with Crippen LogP contribution in [0.25, 0.3) is 0 Å². The van der Waals surface area contributed by atoms with E-state index in [4.69, 9.17) is 4.74 Å². The van der Waals surface area contributed by atoms with Crippen molar-refractivity contribution in [2.24, 2.45) is 0 Å². The molecule has 0 atom stereocenters. The van der Waals surface area contributed by atoms with Gasteiger partial charge in [-0.3, -0.25) is 4.90 Å². The van der Waals surface area contributed by atoms with Gasteiger partial charge in [-0.05, 0) is 49.2 Å². The molecule has 1 heterocycles. The van der Waals surface area contributed by atoms with Crippen LogP contribution in [0, 0.1) is 13.8 Å². The van der Waals surface area contributed by atoms with Gasteiger partial charge < -0.3 is 4.74 Å². The maximum absolute atomic E-state index is 13.0. The highest BCUT2D eigenvalue weighted by Gasteiger charge is 2.30. The van der Waals surface area contributed by atoms with Crippen LogP contribution < -0.4 is 4.74 Å². The molecule has 0 saturated carbocycles. The SMILES string of the molecule is COc1cccc(S(=O)(=O)CCN2CCN(S(=O)(=O)c3cc(C)ccc3C)CC2)c1. The number of rotatable bonds is 7. The van der Waals surface area contributed by atoms with Gasteiger partial charge >= 0.3 is 0 Å². The standard InChI is InChI=1S/C21H28N2O5S2/c1-17-7-8-18(2)21(15-17)30(26,27)23-11-9-22(10-12-23)13-14-29(24,25)20-6-4-5-19(16-20)28-3/h4-8,15-16H,9-14H2,1-3H3. The molecule has 0 aromatic heterocycles.